The zero-order chi connectivity index (χ0) is 18.6. The lowest BCUT2D eigenvalue weighted by Crippen LogP contribution is -2.46. The minimum absolute atomic E-state index is 0.0324. The molecule has 2 N–H and O–H groups in total. The third-order valence-electron chi connectivity index (χ3n) is 5.00. The van der Waals surface area contributed by atoms with E-state index in [4.69, 9.17) is 0 Å². The number of hydrogen-bond donors (Lipinski definition) is 2. The molecule has 0 aromatic heterocycles. The van der Waals surface area contributed by atoms with Gasteiger partial charge in [-0.3, -0.25) is 4.79 Å². The van der Waals surface area contributed by atoms with Gasteiger partial charge in [-0.1, -0.05) is 12.1 Å². The van der Waals surface area contributed by atoms with E-state index in [1.807, 2.05) is 0 Å². The molecule has 8 heteroatoms. The van der Waals surface area contributed by atoms with Gasteiger partial charge < -0.3 is 10.2 Å². The highest BCUT2D eigenvalue weighted by Crippen LogP contribution is 2.28. The summed E-state index contributed by atoms with van der Waals surface area (Å²) in [5, 5.41) is 3.56. The first-order valence-corrected chi connectivity index (χ1v) is 10.7. The van der Waals surface area contributed by atoms with E-state index < -0.39 is 20.7 Å². The van der Waals surface area contributed by atoms with Crippen molar-refractivity contribution in [3.05, 3.63) is 30.1 Å². The van der Waals surface area contributed by atoms with Crippen molar-refractivity contribution < 1.29 is 17.6 Å². The van der Waals surface area contributed by atoms with E-state index >= 15 is 0 Å². The molecule has 1 amide bonds. The number of halogens is 1. The molecule has 2 fully saturated rings. The first-order chi connectivity index (χ1) is 12.5. The summed E-state index contributed by atoms with van der Waals surface area (Å²) in [6, 6.07) is 5.67. The highest BCUT2D eigenvalue weighted by molar-refractivity contribution is 7.89. The minimum atomic E-state index is -3.94. The number of benzene rings is 1. The predicted molar refractivity (Wildman–Crippen MR) is 96.5 cm³/mol. The topological polar surface area (TPSA) is 78.5 Å². The maximum Gasteiger partial charge on any atom is 0.243 e. The second kappa shape index (κ2) is 8.45. The van der Waals surface area contributed by atoms with Crippen molar-refractivity contribution in [3.8, 4) is 0 Å². The van der Waals surface area contributed by atoms with Gasteiger partial charge >= 0.3 is 0 Å². The number of nitrogens with zero attached hydrogens (tertiary/aromatic N) is 1. The molecule has 2 aliphatic rings. The first kappa shape index (κ1) is 19.3. The van der Waals surface area contributed by atoms with Crippen LogP contribution in [-0.4, -0.2) is 51.4 Å². The van der Waals surface area contributed by atoms with Crippen LogP contribution < -0.4 is 10.0 Å². The van der Waals surface area contributed by atoms with Gasteiger partial charge in [0, 0.05) is 32.1 Å². The molecular formula is C18H26FN3O3S. The maximum absolute atomic E-state index is 13.6. The molecular weight excluding hydrogens is 357 g/mol. The van der Waals surface area contributed by atoms with Gasteiger partial charge in [0.05, 0.1) is 0 Å². The van der Waals surface area contributed by atoms with Crippen molar-refractivity contribution in [2.75, 3.05) is 26.2 Å². The second-order valence-corrected chi connectivity index (χ2v) is 8.82. The summed E-state index contributed by atoms with van der Waals surface area (Å²) in [7, 11) is -3.94. The van der Waals surface area contributed by atoms with Crippen LogP contribution in [0.5, 0.6) is 0 Å². The Morgan fingerprint density at radius 2 is 1.85 bits per heavy atom. The average Bonchev–Trinajstić information content (AvgIpc) is 3.45. The van der Waals surface area contributed by atoms with E-state index in [1.54, 1.807) is 4.90 Å². The number of sulfonamides is 1. The fourth-order valence-corrected chi connectivity index (χ4v) is 4.29. The van der Waals surface area contributed by atoms with Crippen LogP contribution >= 0.6 is 0 Å². The summed E-state index contributed by atoms with van der Waals surface area (Å²) in [5.74, 6) is -0.0221. The zero-order valence-electron chi connectivity index (χ0n) is 14.8. The minimum Gasteiger partial charge on any atom is -0.343 e. The van der Waals surface area contributed by atoms with Crippen LogP contribution in [0.3, 0.4) is 0 Å². The number of rotatable bonds is 8. The number of nitrogens with one attached hydrogen (secondary N) is 2. The molecule has 26 heavy (non-hydrogen) atoms. The first-order valence-electron chi connectivity index (χ1n) is 9.21. The normalized spacial score (nSPS) is 18.9. The monoisotopic (exact) mass is 383 g/mol. The van der Waals surface area contributed by atoms with Crippen LogP contribution in [0.2, 0.25) is 0 Å². The fraction of sp³-hybridized carbons (Fsp3) is 0.611. The van der Waals surface area contributed by atoms with Gasteiger partial charge in [-0.05, 0) is 50.3 Å². The average molecular weight is 383 g/mol. The Bertz CT molecular complexity index is 729. The molecule has 1 saturated heterocycles. The van der Waals surface area contributed by atoms with Gasteiger partial charge in [-0.25, -0.2) is 17.5 Å². The predicted octanol–water partition coefficient (Wildman–Crippen LogP) is 1.48. The van der Waals surface area contributed by atoms with Crippen molar-refractivity contribution in [1.29, 1.82) is 0 Å². The largest absolute Gasteiger partial charge is 0.343 e. The van der Waals surface area contributed by atoms with Crippen LogP contribution in [0.25, 0.3) is 0 Å². The van der Waals surface area contributed by atoms with Crippen LogP contribution in [0.15, 0.2) is 29.2 Å². The summed E-state index contributed by atoms with van der Waals surface area (Å²) in [6.45, 7) is 2.44. The summed E-state index contributed by atoms with van der Waals surface area (Å²) >= 11 is 0. The quantitative estimate of drug-likeness (QED) is 0.713. The highest BCUT2D eigenvalue weighted by Gasteiger charge is 2.26. The Kier molecular flexibility index (Phi) is 6.26. The number of amides is 1. The lowest BCUT2D eigenvalue weighted by molar-refractivity contribution is -0.132. The van der Waals surface area contributed by atoms with Crippen LogP contribution in [0.4, 0.5) is 4.39 Å². The van der Waals surface area contributed by atoms with Crippen molar-refractivity contribution >= 4 is 15.9 Å². The molecule has 1 aromatic carbocycles. The molecule has 0 unspecified atom stereocenters. The van der Waals surface area contributed by atoms with Crippen molar-refractivity contribution in [3.63, 3.8) is 0 Å². The Morgan fingerprint density at radius 1 is 1.15 bits per heavy atom. The Balaban J connectivity index is 1.39. The fourth-order valence-electron chi connectivity index (χ4n) is 3.18. The number of hydrogen-bond acceptors (Lipinski definition) is 4. The molecule has 1 saturated carbocycles. The Labute approximate surface area is 154 Å². The lowest BCUT2D eigenvalue weighted by Gasteiger charge is -2.32. The van der Waals surface area contributed by atoms with E-state index in [0.717, 1.165) is 31.4 Å². The van der Waals surface area contributed by atoms with Gasteiger partial charge in [0.15, 0.2) is 0 Å². The summed E-state index contributed by atoms with van der Waals surface area (Å²) in [4.78, 5) is 13.7. The molecule has 1 aliphatic heterocycles. The standard InChI is InChI=1S/C18H26FN3O3S/c19-16-3-1-2-4-17(16)26(24,25)21-10-7-18(23)22-11-8-15(9-12-22)20-13-14-5-6-14/h1-4,14-15,20-21H,5-13H2. The molecule has 1 heterocycles. The number of likely N-dealkylation sites (tertiary alicyclic amines) is 1. The molecule has 6 nitrogen and oxygen atoms in total. The van der Waals surface area contributed by atoms with Gasteiger partial charge in [-0.2, -0.15) is 0 Å². The summed E-state index contributed by atoms with van der Waals surface area (Å²) < 4.78 is 40.1. The second-order valence-electron chi connectivity index (χ2n) is 7.08. The Morgan fingerprint density at radius 3 is 2.50 bits per heavy atom. The van der Waals surface area contributed by atoms with Crippen molar-refractivity contribution in [1.82, 2.24) is 14.9 Å². The molecule has 0 bridgehead atoms. The summed E-state index contributed by atoms with van der Waals surface area (Å²) in [6.07, 6.45) is 4.59. The summed E-state index contributed by atoms with van der Waals surface area (Å²) in [5.41, 5.74) is 0. The highest BCUT2D eigenvalue weighted by atomic mass is 32.2. The van der Waals surface area contributed by atoms with Crippen molar-refractivity contribution in [2.45, 2.75) is 43.0 Å². The van der Waals surface area contributed by atoms with Gasteiger partial charge in [-0.15, -0.1) is 0 Å². The SMILES string of the molecule is O=C(CCNS(=O)(=O)c1ccccc1F)N1CCC(NCC2CC2)CC1. The lowest BCUT2D eigenvalue weighted by atomic mass is 10.0. The van der Waals surface area contributed by atoms with Gasteiger partial charge in [0.2, 0.25) is 15.9 Å². The molecule has 1 aromatic rings. The zero-order valence-corrected chi connectivity index (χ0v) is 15.6. The van der Waals surface area contributed by atoms with Crippen LogP contribution in [-0.2, 0) is 14.8 Å². The maximum atomic E-state index is 13.6. The van der Waals surface area contributed by atoms with E-state index in [0.29, 0.717) is 19.1 Å². The molecule has 0 radical (unpaired) electrons. The molecule has 144 valence electrons. The smallest absolute Gasteiger partial charge is 0.243 e. The van der Waals surface area contributed by atoms with E-state index in [9.17, 15) is 17.6 Å². The molecule has 0 spiro atoms. The van der Waals surface area contributed by atoms with Crippen LogP contribution in [0, 0.1) is 11.7 Å². The van der Waals surface area contributed by atoms with Gasteiger partial charge in [0.25, 0.3) is 0 Å². The Hall–Kier alpha value is -1.51. The van der Waals surface area contributed by atoms with E-state index in [1.165, 1.54) is 31.0 Å². The molecule has 0 atom stereocenters. The van der Waals surface area contributed by atoms with E-state index in [2.05, 4.69) is 10.0 Å². The van der Waals surface area contributed by atoms with Crippen molar-refractivity contribution in [2.24, 2.45) is 5.92 Å². The third kappa shape index (κ3) is 5.25. The number of carbonyl (C=O) groups is 1. The van der Waals surface area contributed by atoms with Gasteiger partial charge in [0.1, 0.15) is 10.7 Å². The number of carbonyl (C=O) groups excluding carboxylic acids is 1. The third-order valence-corrected chi connectivity index (χ3v) is 6.49. The molecule has 1 aliphatic carbocycles. The molecule has 3 rings (SSSR count). The van der Waals surface area contributed by atoms with E-state index in [-0.39, 0.29) is 18.9 Å². The number of piperidine rings is 1. The van der Waals surface area contributed by atoms with Crippen LogP contribution in [0.1, 0.15) is 32.1 Å².